The van der Waals surface area contributed by atoms with Crippen molar-refractivity contribution < 1.29 is 14.7 Å². The van der Waals surface area contributed by atoms with Gasteiger partial charge in [0.05, 0.1) is 22.9 Å². The summed E-state index contributed by atoms with van der Waals surface area (Å²) in [6.07, 6.45) is 2.00. The van der Waals surface area contributed by atoms with Gasteiger partial charge in [-0.3, -0.25) is 4.79 Å². The summed E-state index contributed by atoms with van der Waals surface area (Å²) in [5, 5.41) is 11.6. The molecule has 1 heterocycles. The number of aromatic nitrogens is 2. The average molecular weight is 261 g/mol. The van der Waals surface area contributed by atoms with Crippen LogP contribution in [0.25, 0.3) is 11.0 Å². The van der Waals surface area contributed by atoms with Crippen molar-refractivity contribution in [3.63, 3.8) is 0 Å². The Morgan fingerprint density at radius 2 is 2.21 bits per heavy atom. The van der Waals surface area contributed by atoms with Crippen molar-refractivity contribution in [3.8, 4) is 0 Å². The normalized spacial score (nSPS) is 10.6. The van der Waals surface area contributed by atoms with Crippen LogP contribution in [0.1, 0.15) is 23.7 Å². The molecule has 0 fully saturated rings. The molecule has 1 aromatic carbocycles. The third kappa shape index (κ3) is 2.90. The third-order valence-corrected chi connectivity index (χ3v) is 2.82. The number of fused-ring (bicyclic) bond motifs is 1. The van der Waals surface area contributed by atoms with Gasteiger partial charge < -0.3 is 15.0 Å². The van der Waals surface area contributed by atoms with Crippen molar-refractivity contribution in [1.29, 1.82) is 0 Å². The van der Waals surface area contributed by atoms with Crippen molar-refractivity contribution >= 4 is 22.9 Å². The number of aryl methyl sites for hydroxylation is 1. The first-order chi connectivity index (χ1) is 9.11. The van der Waals surface area contributed by atoms with E-state index in [1.165, 1.54) is 12.1 Å². The standard InChI is InChI=1S/C13H15N3O3/c1-2-14-12(17)5-6-16-8-15-10-7-9(13(18)19)3-4-11(10)16/h3-4,7-8H,2,5-6H2,1H3,(H,14,17)(H,18,19). The van der Waals surface area contributed by atoms with Crippen LogP contribution in [0.4, 0.5) is 0 Å². The van der Waals surface area contributed by atoms with Crippen molar-refractivity contribution in [1.82, 2.24) is 14.9 Å². The topological polar surface area (TPSA) is 84.2 Å². The van der Waals surface area contributed by atoms with Gasteiger partial charge in [0.25, 0.3) is 0 Å². The van der Waals surface area contributed by atoms with Gasteiger partial charge in [-0.2, -0.15) is 0 Å². The molecule has 0 spiro atoms. The zero-order valence-corrected chi connectivity index (χ0v) is 10.6. The second kappa shape index (κ2) is 5.51. The van der Waals surface area contributed by atoms with E-state index in [0.29, 0.717) is 25.0 Å². The number of aromatic carboxylic acids is 1. The molecule has 0 bridgehead atoms. The van der Waals surface area contributed by atoms with Crippen LogP contribution >= 0.6 is 0 Å². The summed E-state index contributed by atoms with van der Waals surface area (Å²) in [4.78, 5) is 26.4. The number of rotatable bonds is 5. The average Bonchev–Trinajstić information content (AvgIpc) is 2.79. The lowest BCUT2D eigenvalue weighted by molar-refractivity contribution is -0.121. The number of hydrogen-bond donors (Lipinski definition) is 2. The molecule has 6 nitrogen and oxygen atoms in total. The van der Waals surface area contributed by atoms with Gasteiger partial charge in [-0.15, -0.1) is 0 Å². The smallest absolute Gasteiger partial charge is 0.335 e. The van der Waals surface area contributed by atoms with Gasteiger partial charge >= 0.3 is 5.97 Å². The molecule has 19 heavy (non-hydrogen) atoms. The molecule has 2 rings (SSSR count). The molecular weight excluding hydrogens is 246 g/mol. The highest BCUT2D eigenvalue weighted by Gasteiger charge is 2.08. The quantitative estimate of drug-likeness (QED) is 0.848. The van der Waals surface area contributed by atoms with Gasteiger partial charge in [-0.1, -0.05) is 0 Å². The summed E-state index contributed by atoms with van der Waals surface area (Å²) in [7, 11) is 0. The molecule has 0 saturated heterocycles. The highest BCUT2D eigenvalue weighted by Crippen LogP contribution is 2.15. The van der Waals surface area contributed by atoms with Crippen LogP contribution in [0.5, 0.6) is 0 Å². The first-order valence-corrected chi connectivity index (χ1v) is 6.06. The Balaban J connectivity index is 2.17. The fourth-order valence-corrected chi connectivity index (χ4v) is 1.88. The van der Waals surface area contributed by atoms with Gasteiger partial charge in [0.2, 0.25) is 5.91 Å². The van der Waals surface area contributed by atoms with Gasteiger partial charge in [-0.05, 0) is 25.1 Å². The maximum atomic E-state index is 11.4. The number of carboxylic acid groups (broad SMARTS) is 1. The van der Waals surface area contributed by atoms with Gasteiger partial charge in [0.1, 0.15) is 0 Å². The van der Waals surface area contributed by atoms with E-state index in [2.05, 4.69) is 10.3 Å². The molecule has 0 aliphatic heterocycles. The number of carboxylic acids is 1. The third-order valence-electron chi connectivity index (χ3n) is 2.82. The fourth-order valence-electron chi connectivity index (χ4n) is 1.88. The lowest BCUT2D eigenvalue weighted by Crippen LogP contribution is -2.23. The summed E-state index contributed by atoms with van der Waals surface area (Å²) >= 11 is 0. The van der Waals surface area contributed by atoms with Gasteiger partial charge in [-0.25, -0.2) is 9.78 Å². The summed E-state index contributed by atoms with van der Waals surface area (Å²) in [6.45, 7) is 3.01. The lowest BCUT2D eigenvalue weighted by Gasteiger charge is -2.04. The molecule has 1 amide bonds. The number of hydrogen-bond acceptors (Lipinski definition) is 3. The minimum atomic E-state index is -0.973. The molecule has 2 N–H and O–H groups in total. The molecule has 0 aliphatic carbocycles. The number of imidazole rings is 1. The van der Waals surface area contributed by atoms with E-state index in [-0.39, 0.29) is 11.5 Å². The Labute approximate surface area is 110 Å². The van der Waals surface area contributed by atoms with Crippen LogP contribution in [0.15, 0.2) is 24.5 Å². The number of carbonyl (C=O) groups excluding carboxylic acids is 1. The van der Waals surface area contributed by atoms with E-state index in [1.807, 2.05) is 11.5 Å². The Hall–Kier alpha value is -2.37. The van der Waals surface area contributed by atoms with E-state index in [4.69, 9.17) is 5.11 Å². The molecule has 0 saturated carbocycles. The van der Waals surface area contributed by atoms with E-state index >= 15 is 0 Å². The molecule has 6 heteroatoms. The van der Waals surface area contributed by atoms with Crippen LogP contribution in [0.2, 0.25) is 0 Å². The second-order valence-electron chi connectivity index (χ2n) is 4.15. The first-order valence-electron chi connectivity index (χ1n) is 6.06. The highest BCUT2D eigenvalue weighted by atomic mass is 16.4. The SMILES string of the molecule is CCNC(=O)CCn1cnc2cc(C(=O)O)ccc21. The number of benzene rings is 1. The largest absolute Gasteiger partial charge is 0.478 e. The zero-order chi connectivity index (χ0) is 13.8. The summed E-state index contributed by atoms with van der Waals surface area (Å²) < 4.78 is 1.84. The second-order valence-corrected chi connectivity index (χ2v) is 4.15. The first kappa shape index (κ1) is 13.1. The van der Waals surface area contributed by atoms with Crippen LogP contribution in [-0.4, -0.2) is 33.1 Å². The monoisotopic (exact) mass is 261 g/mol. The van der Waals surface area contributed by atoms with Crippen molar-refractivity contribution in [2.45, 2.75) is 19.9 Å². The maximum absolute atomic E-state index is 11.4. The molecule has 0 radical (unpaired) electrons. The van der Waals surface area contributed by atoms with E-state index in [0.717, 1.165) is 5.52 Å². The van der Waals surface area contributed by atoms with Crippen molar-refractivity contribution in [2.24, 2.45) is 0 Å². The molecule has 1 aromatic heterocycles. The van der Waals surface area contributed by atoms with E-state index in [1.54, 1.807) is 12.4 Å². The van der Waals surface area contributed by atoms with Crippen LogP contribution in [-0.2, 0) is 11.3 Å². The summed E-state index contributed by atoms with van der Waals surface area (Å²) in [5.41, 5.74) is 1.66. The van der Waals surface area contributed by atoms with Gasteiger partial charge in [0, 0.05) is 19.5 Å². The van der Waals surface area contributed by atoms with Crippen LogP contribution in [0.3, 0.4) is 0 Å². The number of amides is 1. The Morgan fingerprint density at radius 3 is 2.89 bits per heavy atom. The molecule has 0 unspecified atom stereocenters. The maximum Gasteiger partial charge on any atom is 0.335 e. The molecular formula is C13H15N3O3. The highest BCUT2D eigenvalue weighted by molar-refractivity contribution is 5.92. The Kier molecular flexibility index (Phi) is 3.79. The minimum Gasteiger partial charge on any atom is -0.478 e. The van der Waals surface area contributed by atoms with Crippen molar-refractivity contribution in [2.75, 3.05) is 6.54 Å². The predicted molar refractivity (Wildman–Crippen MR) is 70.0 cm³/mol. The summed E-state index contributed by atoms with van der Waals surface area (Å²) in [5.74, 6) is -0.981. The van der Waals surface area contributed by atoms with E-state index < -0.39 is 5.97 Å². The number of nitrogens with zero attached hydrogens (tertiary/aromatic N) is 2. The van der Waals surface area contributed by atoms with E-state index in [9.17, 15) is 9.59 Å². The van der Waals surface area contributed by atoms with Crippen LogP contribution < -0.4 is 5.32 Å². The number of nitrogens with one attached hydrogen (secondary N) is 1. The van der Waals surface area contributed by atoms with Crippen LogP contribution in [0, 0.1) is 0 Å². The minimum absolute atomic E-state index is 0.00786. The Morgan fingerprint density at radius 1 is 1.42 bits per heavy atom. The lowest BCUT2D eigenvalue weighted by atomic mass is 10.2. The zero-order valence-electron chi connectivity index (χ0n) is 10.6. The van der Waals surface area contributed by atoms with Crippen molar-refractivity contribution in [3.05, 3.63) is 30.1 Å². The molecule has 0 atom stereocenters. The number of carbonyl (C=O) groups is 2. The van der Waals surface area contributed by atoms with Gasteiger partial charge in [0.15, 0.2) is 0 Å². The predicted octanol–water partition coefficient (Wildman–Crippen LogP) is 1.26. The molecule has 100 valence electrons. The molecule has 2 aromatic rings. The molecule has 0 aliphatic rings. The Bertz CT molecular complexity index is 619. The fraction of sp³-hybridized carbons (Fsp3) is 0.308. The summed E-state index contributed by atoms with van der Waals surface area (Å²) in [6, 6.07) is 4.78.